The highest BCUT2D eigenvalue weighted by molar-refractivity contribution is 9.10. The second-order valence-corrected chi connectivity index (χ2v) is 7.74. The molecular formula is C15H12BrClO2S2. The second kappa shape index (κ2) is 6.16. The number of halogens is 2. The van der Waals surface area contributed by atoms with Crippen molar-refractivity contribution in [3.63, 3.8) is 0 Å². The molecule has 0 aliphatic carbocycles. The smallest absolute Gasteiger partial charge is 0.161 e. The molecule has 2 nitrogen and oxygen atoms in total. The van der Waals surface area contributed by atoms with E-state index in [4.69, 9.17) is 21.1 Å². The Kier molecular flexibility index (Phi) is 4.45. The van der Waals surface area contributed by atoms with Crippen LogP contribution in [0.25, 0.3) is 9.40 Å². The standard InChI is InChI=1S/C15H12BrClO2S2/c1-18-10-5-8(9(16)6-11(10)19-2)15(17)14-7-13-12(21-14)3-4-20-13/h3-7,15H,1-2H3. The van der Waals surface area contributed by atoms with Crippen LogP contribution in [0.4, 0.5) is 0 Å². The molecule has 2 heterocycles. The normalized spacial score (nSPS) is 12.6. The Bertz CT molecular complexity index is 753. The van der Waals surface area contributed by atoms with Gasteiger partial charge in [-0.1, -0.05) is 15.9 Å². The van der Waals surface area contributed by atoms with E-state index in [0.717, 1.165) is 14.9 Å². The molecule has 3 rings (SSSR count). The number of hydrogen-bond acceptors (Lipinski definition) is 4. The Labute approximate surface area is 144 Å². The number of thiophene rings is 2. The number of hydrogen-bond donors (Lipinski definition) is 0. The Morgan fingerprint density at radius 2 is 1.81 bits per heavy atom. The van der Waals surface area contributed by atoms with E-state index in [1.807, 2.05) is 12.1 Å². The van der Waals surface area contributed by atoms with Crippen molar-refractivity contribution in [2.45, 2.75) is 5.38 Å². The predicted molar refractivity (Wildman–Crippen MR) is 94.6 cm³/mol. The van der Waals surface area contributed by atoms with Gasteiger partial charge in [0.1, 0.15) is 0 Å². The third kappa shape index (κ3) is 2.80. The highest BCUT2D eigenvalue weighted by Crippen LogP contribution is 2.44. The molecule has 6 heteroatoms. The molecule has 0 amide bonds. The molecule has 0 saturated carbocycles. The zero-order valence-corrected chi connectivity index (χ0v) is 15.3. The molecule has 0 N–H and O–H groups in total. The summed E-state index contributed by atoms with van der Waals surface area (Å²) in [6.07, 6.45) is 0. The van der Waals surface area contributed by atoms with Crippen LogP contribution in [0.1, 0.15) is 15.8 Å². The average Bonchev–Trinajstić information content (AvgIpc) is 3.07. The third-order valence-electron chi connectivity index (χ3n) is 3.18. The zero-order valence-electron chi connectivity index (χ0n) is 11.4. The molecule has 3 aromatic rings. The first-order valence-corrected chi connectivity index (χ1v) is 9.09. The minimum absolute atomic E-state index is 0.219. The van der Waals surface area contributed by atoms with E-state index in [2.05, 4.69) is 33.4 Å². The van der Waals surface area contributed by atoms with Crippen molar-refractivity contribution in [3.05, 3.63) is 44.6 Å². The maximum absolute atomic E-state index is 6.68. The van der Waals surface area contributed by atoms with Crippen LogP contribution in [0, 0.1) is 0 Å². The topological polar surface area (TPSA) is 18.5 Å². The van der Waals surface area contributed by atoms with E-state index < -0.39 is 0 Å². The van der Waals surface area contributed by atoms with Gasteiger partial charge < -0.3 is 9.47 Å². The number of benzene rings is 1. The number of methoxy groups -OCH3 is 2. The van der Waals surface area contributed by atoms with Gasteiger partial charge in [0.15, 0.2) is 11.5 Å². The quantitative estimate of drug-likeness (QED) is 0.492. The fraction of sp³-hybridized carbons (Fsp3) is 0.200. The maximum atomic E-state index is 6.68. The minimum atomic E-state index is -0.219. The summed E-state index contributed by atoms with van der Waals surface area (Å²) >= 11 is 13.7. The molecule has 0 fully saturated rings. The summed E-state index contributed by atoms with van der Waals surface area (Å²) in [5.74, 6) is 1.36. The fourth-order valence-corrected chi connectivity index (χ4v) is 5.30. The van der Waals surface area contributed by atoms with Crippen molar-refractivity contribution in [2.24, 2.45) is 0 Å². The first-order chi connectivity index (χ1) is 10.1. The van der Waals surface area contributed by atoms with E-state index in [1.165, 1.54) is 9.40 Å². The lowest BCUT2D eigenvalue weighted by Crippen LogP contribution is -1.96. The van der Waals surface area contributed by atoms with E-state index >= 15 is 0 Å². The number of rotatable bonds is 4. The molecule has 0 bridgehead atoms. The molecule has 110 valence electrons. The van der Waals surface area contributed by atoms with Gasteiger partial charge in [-0.15, -0.1) is 34.3 Å². The van der Waals surface area contributed by atoms with E-state index in [1.54, 1.807) is 36.9 Å². The summed E-state index contributed by atoms with van der Waals surface area (Å²) in [7, 11) is 3.25. The summed E-state index contributed by atoms with van der Waals surface area (Å²) in [4.78, 5) is 1.13. The Morgan fingerprint density at radius 3 is 2.48 bits per heavy atom. The van der Waals surface area contributed by atoms with Crippen LogP contribution in [-0.2, 0) is 0 Å². The van der Waals surface area contributed by atoms with Gasteiger partial charge in [0, 0.05) is 18.7 Å². The van der Waals surface area contributed by atoms with Crippen molar-refractivity contribution < 1.29 is 9.47 Å². The van der Waals surface area contributed by atoms with Crippen molar-refractivity contribution in [2.75, 3.05) is 14.2 Å². The maximum Gasteiger partial charge on any atom is 0.161 e. The molecule has 0 aliphatic rings. The Balaban J connectivity index is 2.04. The van der Waals surface area contributed by atoms with Crippen LogP contribution in [0.15, 0.2) is 34.1 Å². The molecule has 0 saturated heterocycles. The van der Waals surface area contributed by atoms with E-state index in [9.17, 15) is 0 Å². The molecule has 21 heavy (non-hydrogen) atoms. The zero-order chi connectivity index (χ0) is 15.0. The summed E-state index contributed by atoms with van der Waals surface area (Å²) in [5.41, 5.74) is 0.975. The molecule has 0 spiro atoms. The molecule has 1 aromatic carbocycles. The summed E-state index contributed by atoms with van der Waals surface area (Å²) in [6, 6.07) is 8.10. The first-order valence-electron chi connectivity index (χ1n) is 6.16. The van der Waals surface area contributed by atoms with Gasteiger partial charge in [-0.05, 0) is 35.2 Å². The van der Waals surface area contributed by atoms with Gasteiger partial charge in [0.2, 0.25) is 0 Å². The number of ether oxygens (including phenoxy) is 2. The highest BCUT2D eigenvalue weighted by atomic mass is 79.9. The lowest BCUT2D eigenvalue weighted by Gasteiger charge is -2.14. The molecule has 2 aromatic heterocycles. The monoisotopic (exact) mass is 402 g/mol. The molecule has 0 aliphatic heterocycles. The first kappa shape index (κ1) is 15.2. The highest BCUT2D eigenvalue weighted by Gasteiger charge is 2.20. The summed E-state index contributed by atoms with van der Waals surface area (Å²) < 4.78 is 14.1. The lowest BCUT2D eigenvalue weighted by atomic mass is 10.1. The molecular weight excluding hydrogens is 392 g/mol. The van der Waals surface area contributed by atoms with Gasteiger partial charge >= 0.3 is 0 Å². The van der Waals surface area contributed by atoms with Gasteiger partial charge in [-0.25, -0.2) is 0 Å². The predicted octanol–water partition coefficient (Wildman–Crippen LogP) is 6.07. The van der Waals surface area contributed by atoms with E-state index in [0.29, 0.717) is 11.5 Å². The van der Waals surface area contributed by atoms with Crippen molar-refractivity contribution >= 4 is 59.6 Å². The van der Waals surface area contributed by atoms with Crippen LogP contribution >= 0.6 is 50.2 Å². The number of alkyl halides is 1. The van der Waals surface area contributed by atoms with Gasteiger partial charge in [0.25, 0.3) is 0 Å². The average molecular weight is 404 g/mol. The summed E-state index contributed by atoms with van der Waals surface area (Å²) in [5, 5.41) is 1.88. The minimum Gasteiger partial charge on any atom is -0.493 e. The van der Waals surface area contributed by atoms with Crippen LogP contribution in [-0.4, -0.2) is 14.2 Å². The van der Waals surface area contributed by atoms with Crippen LogP contribution in [0.5, 0.6) is 11.5 Å². The Hall–Kier alpha value is -0.750. The van der Waals surface area contributed by atoms with Crippen molar-refractivity contribution in [3.8, 4) is 11.5 Å². The SMILES string of the molecule is COc1cc(Br)c(C(Cl)c2cc3sccc3s2)cc1OC. The largest absolute Gasteiger partial charge is 0.493 e. The van der Waals surface area contributed by atoms with Gasteiger partial charge in [0.05, 0.1) is 19.6 Å². The molecule has 1 unspecified atom stereocenters. The molecule has 0 radical (unpaired) electrons. The summed E-state index contributed by atoms with van der Waals surface area (Å²) in [6.45, 7) is 0. The van der Waals surface area contributed by atoms with E-state index in [-0.39, 0.29) is 5.38 Å². The van der Waals surface area contributed by atoms with Crippen LogP contribution in [0.3, 0.4) is 0 Å². The van der Waals surface area contributed by atoms with Crippen molar-refractivity contribution in [1.29, 1.82) is 0 Å². The Morgan fingerprint density at radius 1 is 1.10 bits per heavy atom. The van der Waals surface area contributed by atoms with Crippen LogP contribution in [0.2, 0.25) is 0 Å². The fourth-order valence-electron chi connectivity index (χ4n) is 2.13. The lowest BCUT2D eigenvalue weighted by molar-refractivity contribution is 0.354. The van der Waals surface area contributed by atoms with Crippen LogP contribution < -0.4 is 9.47 Å². The second-order valence-electron chi connectivity index (χ2n) is 4.39. The number of fused-ring (bicyclic) bond motifs is 1. The molecule has 1 atom stereocenters. The van der Waals surface area contributed by atoms with Gasteiger partial charge in [-0.2, -0.15) is 0 Å². The van der Waals surface area contributed by atoms with Gasteiger partial charge in [-0.3, -0.25) is 0 Å². The third-order valence-corrected chi connectivity index (χ3v) is 6.63. The van der Waals surface area contributed by atoms with Crippen molar-refractivity contribution in [1.82, 2.24) is 0 Å².